The minimum Gasteiger partial charge on any atom is -0.371 e. The number of benzene rings is 2. The van der Waals surface area contributed by atoms with Crippen LogP contribution in [0.2, 0.25) is 5.02 Å². The molecular weight excluding hydrogens is 378 g/mol. The molecule has 0 spiro atoms. The van der Waals surface area contributed by atoms with Crippen LogP contribution < -0.4 is 4.90 Å². The molecule has 4 rings (SSSR count). The molecule has 4 heteroatoms. The van der Waals surface area contributed by atoms with Crippen LogP contribution in [0.25, 0.3) is 22.2 Å². The van der Waals surface area contributed by atoms with Crippen LogP contribution >= 0.6 is 11.6 Å². The first-order valence-electron chi connectivity index (χ1n) is 10.8. The van der Waals surface area contributed by atoms with Crippen molar-refractivity contribution in [3.05, 3.63) is 59.6 Å². The van der Waals surface area contributed by atoms with Crippen molar-refractivity contribution in [1.82, 2.24) is 9.88 Å². The summed E-state index contributed by atoms with van der Waals surface area (Å²) in [5, 5.41) is 1.93. The number of pyridine rings is 1. The van der Waals surface area contributed by atoms with Gasteiger partial charge < -0.3 is 9.80 Å². The molecule has 1 aliphatic rings. The van der Waals surface area contributed by atoms with Crippen molar-refractivity contribution < 1.29 is 0 Å². The van der Waals surface area contributed by atoms with Gasteiger partial charge in [0.25, 0.3) is 0 Å². The minimum atomic E-state index is 0.735. The average molecular weight is 408 g/mol. The number of nitrogens with zero attached hydrogens (tertiary/aromatic N) is 3. The third-order valence-corrected chi connectivity index (χ3v) is 6.42. The molecule has 2 heterocycles. The summed E-state index contributed by atoms with van der Waals surface area (Å²) in [6.45, 7) is 10.2. The highest BCUT2D eigenvalue weighted by atomic mass is 35.5. The fourth-order valence-corrected chi connectivity index (χ4v) is 4.57. The van der Waals surface area contributed by atoms with Crippen LogP contribution in [-0.2, 0) is 0 Å². The fraction of sp³-hybridized carbons (Fsp3) is 0.400. The molecule has 0 amide bonds. The molecule has 0 N–H and O–H groups in total. The van der Waals surface area contributed by atoms with E-state index in [-0.39, 0.29) is 0 Å². The van der Waals surface area contributed by atoms with Gasteiger partial charge in [0.2, 0.25) is 0 Å². The predicted molar refractivity (Wildman–Crippen MR) is 125 cm³/mol. The number of fused-ring (bicyclic) bond motifs is 1. The monoisotopic (exact) mass is 407 g/mol. The van der Waals surface area contributed by atoms with Gasteiger partial charge in [-0.25, -0.2) is 4.98 Å². The molecule has 0 unspecified atom stereocenters. The molecule has 29 heavy (non-hydrogen) atoms. The Bertz CT molecular complexity index is 945. The van der Waals surface area contributed by atoms with E-state index in [0.29, 0.717) is 0 Å². The Morgan fingerprint density at radius 1 is 1.00 bits per heavy atom. The standard InChI is InChI=1S/C25H30ClN3/c1-3-28(4-2)18-19-12-14-29(15-13-19)25-17-23(20-8-6-5-7-9-20)27-24-16-21(26)10-11-22(24)25/h5-11,16-17,19H,3-4,12-15,18H2,1-2H3. The molecule has 1 aliphatic heterocycles. The number of piperidine rings is 1. The summed E-state index contributed by atoms with van der Waals surface area (Å²) < 4.78 is 0. The lowest BCUT2D eigenvalue weighted by Crippen LogP contribution is -2.38. The normalized spacial score (nSPS) is 15.4. The molecule has 3 nitrogen and oxygen atoms in total. The summed E-state index contributed by atoms with van der Waals surface area (Å²) in [5.41, 5.74) is 4.42. The maximum Gasteiger partial charge on any atom is 0.0745 e. The van der Waals surface area contributed by atoms with E-state index in [4.69, 9.17) is 16.6 Å². The maximum atomic E-state index is 6.29. The maximum absolute atomic E-state index is 6.29. The first-order chi connectivity index (χ1) is 14.2. The van der Waals surface area contributed by atoms with Crippen LogP contribution in [0.4, 0.5) is 5.69 Å². The first kappa shape index (κ1) is 20.2. The van der Waals surface area contributed by atoms with Crippen molar-refractivity contribution in [1.29, 1.82) is 0 Å². The van der Waals surface area contributed by atoms with Gasteiger partial charge in [-0.3, -0.25) is 0 Å². The Labute approximate surface area is 179 Å². The zero-order valence-corrected chi connectivity index (χ0v) is 18.2. The van der Waals surface area contributed by atoms with E-state index in [1.807, 2.05) is 18.2 Å². The van der Waals surface area contributed by atoms with Crippen LogP contribution in [0, 0.1) is 5.92 Å². The number of anilines is 1. The van der Waals surface area contributed by atoms with Gasteiger partial charge in [0, 0.05) is 41.3 Å². The molecule has 1 aromatic heterocycles. The predicted octanol–water partition coefficient (Wildman–Crippen LogP) is 6.11. The number of hydrogen-bond donors (Lipinski definition) is 0. The Morgan fingerprint density at radius 2 is 1.72 bits per heavy atom. The topological polar surface area (TPSA) is 19.4 Å². The number of aromatic nitrogens is 1. The summed E-state index contributed by atoms with van der Waals surface area (Å²) >= 11 is 6.29. The van der Waals surface area contributed by atoms with Crippen LogP contribution in [0.15, 0.2) is 54.6 Å². The van der Waals surface area contributed by atoms with E-state index in [0.717, 1.165) is 53.9 Å². The zero-order chi connectivity index (χ0) is 20.2. The van der Waals surface area contributed by atoms with Crippen molar-refractivity contribution in [2.45, 2.75) is 26.7 Å². The van der Waals surface area contributed by atoms with Crippen molar-refractivity contribution in [2.24, 2.45) is 5.92 Å². The Morgan fingerprint density at radius 3 is 2.41 bits per heavy atom. The molecule has 2 aromatic carbocycles. The molecule has 3 aromatic rings. The van der Waals surface area contributed by atoms with E-state index in [1.54, 1.807) is 0 Å². The summed E-state index contributed by atoms with van der Waals surface area (Å²) in [5.74, 6) is 0.794. The van der Waals surface area contributed by atoms with E-state index in [1.165, 1.54) is 30.5 Å². The molecule has 1 fully saturated rings. The number of hydrogen-bond acceptors (Lipinski definition) is 3. The molecule has 0 radical (unpaired) electrons. The van der Waals surface area contributed by atoms with Crippen molar-refractivity contribution in [2.75, 3.05) is 37.6 Å². The second-order valence-corrected chi connectivity index (χ2v) is 8.41. The van der Waals surface area contributed by atoms with Crippen molar-refractivity contribution >= 4 is 28.2 Å². The van der Waals surface area contributed by atoms with E-state index < -0.39 is 0 Å². The minimum absolute atomic E-state index is 0.735. The van der Waals surface area contributed by atoms with Crippen LogP contribution in [0.3, 0.4) is 0 Å². The lowest BCUT2D eigenvalue weighted by molar-refractivity contribution is 0.229. The average Bonchev–Trinajstić information content (AvgIpc) is 2.77. The zero-order valence-electron chi connectivity index (χ0n) is 17.4. The van der Waals surface area contributed by atoms with Gasteiger partial charge in [0.05, 0.1) is 11.2 Å². The fourth-order valence-electron chi connectivity index (χ4n) is 4.41. The van der Waals surface area contributed by atoms with Gasteiger partial charge in [-0.1, -0.05) is 55.8 Å². The second kappa shape index (κ2) is 9.15. The molecule has 0 atom stereocenters. The number of rotatable bonds is 6. The lowest BCUT2D eigenvalue weighted by Gasteiger charge is -2.36. The highest BCUT2D eigenvalue weighted by Gasteiger charge is 2.23. The van der Waals surface area contributed by atoms with Crippen molar-refractivity contribution in [3.8, 4) is 11.3 Å². The van der Waals surface area contributed by atoms with Crippen LogP contribution in [0.5, 0.6) is 0 Å². The quantitative estimate of drug-likeness (QED) is 0.491. The van der Waals surface area contributed by atoms with E-state index >= 15 is 0 Å². The van der Waals surface area contributed by atoms with E-state index in [9.17, 15) is 0 Å². The summed E-state index contributed by atoms with van der Waals surface area (Å²) in [6.07, 6.45) is 2.49. The van der Waals surface area contributed by atoms with Gasteiger partial charge in [0.1, 0.15) is 0 Å². The molecule has 1 saturated heterocycles. The van der Waals surface area contributed by atoms with Gasteiger partial charge in [0.15, 0.2) is 0 Å². The van der Waals surface area contributed by atoms with Gasteiger partial charge in [-0.05, 0) is 56.1 Å². The van der Waals surface area contributed by atoms with Gasteiger partial charge >= 0.3 is 0 Å². The Balaban J connectivity index is 1.63. The highest BCUT2D eigenvalue weighted by Crippen LogP contribution is 2.34. The van der Waals surface area contributed by atoms with Crippen LogP contribution in [-0.4, -0.2) is 42.6 Å². The van der Waals surface area contributed by atoms with Crippen molar-refractivity contribution in [3.63, 3.8) is 0 Å². The third-order valence-electron chi connectivity index (χ3n) is 6.19. The van der Waals surface area contributed by atoms with E-state index in [2.05, 4.69) is 60.0 Å². The summed E-state index contributed by atoms with van der Waals surface area (Å²) in [4.78, 5) is 10.0. The number of halogens is 1. The van der Waals surface area contributed by atoms with Gasteiger partial charge in [-0.2, -0.15) is 0 Å². The Hall–Kier alpha value is -2.10. The SMILES string of the molecule is CCN(CC)CC1CCN(c2cc(-c3ccccc3)nc3cc(Cl)ccc23)CC1. The molecule has 152 valence electrons. The largest absolute Gasteiger partial charge is 0.371 e. The molecule has 0 bridgehead atoms. The molecule has 0 aliphatic carbocycles. The summed E-state index contributed by atoms with van der Waals surface area (Å²) in [6, 6.07) is 18.8. The summed E-state index contributed by atoms with van der Waals surface area (Å²) in [7, 11) is 0. The highest BCUT2D eigenvalue weighted by molar-refractivity contribution is 6.31. The third kappa shape index (κ3) is 4.57. The Kier molecular flexibility index (Phi) is 6.37. The lowest BCUT2D eigenvalue weighted by atomic mass is 9.95. The first-order valence-corrected chi connectivity index (χ1v) is 11.2. The van der Waals surface area contributed by atoms with Gasteiger partial charge in [-0.15, -0.1) is 0 Å². The van der Waals surface area contributed by atoms with Crippen LogP contribution in [0.1, 0.15) is 26.7 Å². The second-order valence-electron chi connectivity index (χ2n) is 7.97. The molecule has 0 saturated carbocycles. The molecular formula is C25H30ClN3. The smallest absolute Gasteiger partial charge is 0.0745 e.